The van der Waals surface area contributed by atoms with E-state index in [2.05, 4.69) is 18.8 Å². The molecule has 5 heteroatoms. The summed E-state index contributed by atoms with van der Waals surface area (Å²) in [6.45, 7) is 9.06. The number of rotatable bonds is 5. The molecule has 1 aromatic rings. The van der Waals surface area contributed by atoms with Gasteiger partial charge in [-0.05, 0) is 25.8 Å². The zero-order valence-electron chi connectivity index (χ0n) is 11.1. The topological polar surface area (TPSA) is 53.4 Å². The first kappa shape index (κ1) is 14.8. The Morgan fingerprint density at radius 1 is 1.44 bits per heavy atom. The minimum atomic E-state index is -1.03. The van der Waals surface area contributed by atoms with E-state index in [1.165, 1.54) is 12.3 Å². The van der Waals surface area contributed by atoms with Crippen LogP contribution >= 0.6 is 11.6 Å². The lowest BCUT2D eigenvalue weighted by Gasteiger charge is -2.30. The number of pyridine rings is 1. The van der Waals surface area contributed by atoms with Gasteiger partial charge in [0.25, 0.3) is 0 Å². The van der Waals surface area contributed by atoms with Crippen LogP contribution in [-0.4, -0.2) is 28.6 Å². The van der Waals surface area contributed by atoms with E-state index < -0.39 is 5.97 Å². The fourth-order valence-electron chi connectivity index (χ4n) is 1.73. The van der Waals surface area contributed by atoms with Gasteiger partial charge in [-0.2, -0.15) is 0 Å². The highest BCUT2D eigenvalue weighted by atomic mass is 35.5. The van der Waals surface area contributed by atoms with Crippen LogP contribution in [0.1, 0.15) is 38.1 Å². The number of hydrogen-bond acceptors (Lipinski definition) is 3. The van der Waals surface area contributed by atoms with Crippen molar-refractivity contribution in [2.75, 3.05) is 11.4 Å². The monoisotopic (exact) mass is 270 g/mol. The van der Waals surface area contributed by atoms with Gasteiger partial charge in [-0.15, -0.1) is 0 Å². The number of carboxylic acid groups (broad SMARTS) is 1. The summed E-state index contributed by atoms with van der Waals surface area (Å²) in [6.07, 6.45) is 1.49. The van der Waals surface area contributed by atoms with Gasteiger partial charge >= 0.3 is 5.97 Å². The fraction of sp³-hybridized carbons (Fsp3) is 0.538. The summed E-state index contributed by atoms with van der Waals surface area (Å²) >= 11 is 6.14. The second kappa shape index (κ2) is 6.05. The average Bonchev–Trinajstić information content (AvgIpc) is 2.25. The lowest BCUT2D eigenvalue weighted by molar-refractivity contribution is 0.0697. The third-order valence-corrected chi connectivity index (χ3v) is 2.93. The van der Waals surface area contributed by atoms with Gasteiger partial charge in [0.15, 0.2) is 0 Å². The highest BCUT2D eigenvalue weighted by Gasteiger charge is 2.20. The van der Waals surface area contributed by atoms with Crippen molar-refractivity contribution in [1.29, 1.82) is 0 Å². The predicted molar refractivity (Wildman–Crippen MR) is 73.5 cm³/mol. The van der Waals surface area contributed by atoms with Crippen LogP contribution < -0.4 is 4.90 Å². The molecule has 1 rings (SSSR count). The van der Waals surface area contributed by atoms with E-state index in [1.807, 2.05) is 18.7 Å². The maximum atomic E-state index is 11.1. The summed E-state index contributed by atoms with van der Waals surface area (Å²) in [5.74, 6) is -0.0454. The van der Waals surface area contributed by atoms with Crippen LogP contribution in [0.2, 0.25) is 5.02 Å². The molecular formula is C13H19ClN2O2. The standard InChI is InChI=1S/C13H19ClN2O2/c1-8(2)7-16(9(3)4)12-11(14)10(13(17)18)5-6-15-12/h5-6,8-9H,7H2,1-4H3,(H,17,18). The molecule has 1 heterocycles. The van der Waals surface area contributed by atoms with Crippen molar-refractivity contribution in [3.8, 4) is 0 Å². The van der Waals surface area contributed by atoms with Crippen molar-refractivity contribution in [1.82, 2.24) is 4.98 Å². The summed E-state index contributed by atoms with van der Waals surface area (Å²) in [5.41, 5.74) is 0.0936. The lowest BCUT2D eigenvalue weighted by Crippen LogP contribution is -2.35. The van der Waals surface area contributed by atoms with Gasteiger partial charge in [0, 0.05) is 18.8 Å². The van der Waals surface area contributed by atoms with Crippen molar-refractivity contribution < 1.29 is 9.90 Å². The number of carbonyl (C=O) groups is 1. The van der Waals surface area contributed by atoms with Crippen molar-refractivity contribution in [2.24, 2.45) is 5.92 Å². The van der Waals surface area contributed by atoms with Crippen LogP contribution in [0, 0.1) is 5.92 Å². The van der Waals surface area contributed by atoms with E-state index in [9.17, 15) is 4.79 Å². The predicted octanol–water partition coefficient (Wildman–Crippen LogP) is 3.30. The van der Waals surface area contributed by atoms with Crippen LogP contribution in [0.5, 0.6) is 0 Å². The molecule has 0 aliphatic heterocycles. The summed E-state index contributed by atoms with van der Waals surface area (Å²) in [5, 5.41) is 9.27. The number of aromatic nitrogens is 1. The Bertz CT molecular complexity index is 433. The average molecular weight is 271 g/mol. The van der Waals surface area contributed by atoms with Crippen LogP contribution in [-0.2, 0) is 0 Å². The Balaban J connectivity index is 3.20. The molecular weight excluding hydrogens is 252 g/mol. The van der Waals surface area contributed by atoms with Crippen molar-refractivity contribution in [3.05, 3.63) is 22.8 Å². The number of anilines is 1. The zero-order chi connectivity index (χ0) is 13.9. The molecule has 0 atom stereocenters. The number of hydrogen-bond donors (Lipinski definition) is 1. The molecule has 0 aromatic carbocycles. The maximum absolute atomic E-state index is 11.1. The van der Waals surface area contributed by atoms with Crippen molar-refractivity contribution in [2.45, 2.75) is 33.7 Å². The summed E-state index contributed by atoms with van der Waals surface area (Å²) in [4.78, 5) is 17.3. The van der Waals surface area contributed by atoms with Crippen LogP contribution in [0.15, 0.2) is 12.3 Å². The smallest absolute Gasteiger partial charge is 0.337 e. The van der Waals surface area contributed by atoms with Gasteiger partial charge in [-0.3, -0.25) is 0 Å². The second-order valence-electron chi connectivity index (χ2n) is 4.94. The molecule has 0 radical (unpaired) electrons. The van der Waals surface area contributed by atoms with Gasteiger partial charge in [0.2, 0.25) is 0 Å². The largest absolute Gasteiger partial charge is 0.478 e. The third kappa shape index (κ3) is 3.35. The summed E-state index contributed by atoms with van der Waals surface area (Å²) < 4.78 is 0. The summed E-state index contributed by atoms with van der Waals surface area (Å²) in [7, 11) is 0. The number of carboxylic acids is 1. The van der Waals surface area contributed by atoms with Gasteiger partial charge < -0.3 is 10.0 Å². The molecule has 0 fully saturated rings. The first-order valence-corrected chi connectivity index (χ1v) is 6.36. The molecule has 4 nitrogen and oxygen atoms in total. The number of halogens is 1. The molecule has 0 aliphatic carbocycles. The molecule has 0 amide bonds. The van der Waals surface area contributed by atoms with Gasteiger partial charge in [-0.25, -0.2) is 9.78 Å². The molecule has 0 spiro atoms. The molecule has 0 saturated heterocycles. The Morgan fingerprint density at radius 2 is 2.06 bits per heavy atom. The molecule has 100 valence electrons. The third-order valence-electron chi connectivity index (χ3n) is 2.56. The van der Waals surface area contributed by atoms with E-state index in [4.69, 9.17) is 16.7 Å². The summed E-state index contributed by atoms with van der Waals surface area (Å²) in [6, 6.07) is 1.63. The Labute approximate surface area is 113 Å². The van der Waals surface area contributed by atoms with Crippen molar-refractivity contribution >= 4 is 23.4 Å². The minimum Gasteiger partial charge on any atom is -0.478 e. The van der Waals surface area contributed by atoms with Gasteiger partial charge in [0.05, 0.1) is 10.6 Å². The minimum absolute atomic E-state index is 0.0936. The highest BCUT2D eigenvalue weighted by Crippen LogP contribution is 2.28. The van der Waals surface area contributed by atoms with Gasteiger partial charge in [0.1, 0.15) is 5.82 Å². The first-order valence-electron chi connectivity index (χ1n) is 5.99. The molecule has 1 aromatic heterocycles. The molecule has 0 aliphatic rings. The van der Waals surface area contributed by atoms with E-state index >= 15 is 0 Å². The second-order valence-corrected chi connectivity index (χ2v) is 5.32. The lowest BCUT2D eigenvalue weighted by atomic mass is 10.1. The molecule has 0 saturated carbocycles. The first-order chi connectivity index (χ1) is 8.34. The van der Waals surface area contributed by atoms with E-state index in [1.54, 1.807) is 0 Å². The number of nitrogens with zero attached hydrogens (tertiary/aromatic N) is 2. The van der Waals surface area contributed by atoms with Crippen molar-refractivity contribution in [3.63, 3.8) is 0 Å². The van der Waals surface area contributed by atoms with Crippen LogP contribution in [0.4, 0.5) is 5.82 Å². The quantitative estimate of drug-likeness (QED) is 0.892. The normalized spacial score (nSPS) is 11.1. The fourth-order valence-corrected chi connectivity index (χ4v) is 2.03. The van der Waals surface area contributed by atoms with E-state index in [0.29, 0.717) is 11.7 Å². The van der Waals surface area contributed by atoms with Crippen LogP contribution in [0.25, 0.3) is 0 Å². The number of aromatic carboxylic acids is 1. The molecule has 18 heavy (non-hydrogen) atoms. The van der Waals surface area contributed by atoms with Crippen LogP contribution in [0.3, 0.4) is 0 Å². The molecule has 0 bridgehead atoms. The SMILES string of the molecule is CC(C)CN(c1nccc(C(=O)O)c1Cl)C(C)C. The van der Waals surface area contributed by atoms with E-state index in [0.717, 1.165) is 6.54 Å². The highest BCUT2D eigenvalue weighted by molar-refractivity contribution is 6.35. The van der Waals surface area contributed by atoms with Gasteiger partial charge in [-0.1, -0.05) is 25.4 Å². The molecule has 0 unspecified atom stereocenters. The maximum Gasteiger partial charge on any atom is 0.337 e. The molecule has 1 N–H and O–H groups in total. The Hall–Kier alpha value is -1.29. The Morgan fingerprint density at radius 3 is 2.50 bits per heavy atom. The van der Waals surface area contributed by atoms with E-state index in [-0.39, 0.29) is 16.6 Å². The zero-order valence-corrected chi connectivity index (χ0v) is 11.9. The Kier molecular flexibility index (Phi) is 4.96.